The summed E-state index contributed by atoms with van der Waals surface area (Å²) in [6.07, 6.45) is -4.86. The van der Waals surface area contributed by atoms with E-state index in [4.69, 9.17) is 0 Å². The molecule has 0 aliphatic carbocycles. The molecule has 5 nitrogen and oxygen atoms in total. The smallest absolute Gasteiger partial charge is 0.326 e. The molecule has 1 rings (SSSR count). The third kappa shape index (κ3) is 3.67. The third-order valence-corrected chi connectivity index (χ3v) is 2.29. The topological polar surface area (TPSA) is 72.2 Å². The maximum atomic E-state index is 12.7. The number of nitrogens with one attached hydrogen (secondary N) is 1. The summed E-state index contributed by atoms with van der Waals surface area (Å²) in [5.74, 6) is -0.883. The van der Waals surface area contributed by atoms with Gasteiger partial charge in [-0.1, -0.05) is 13.8 Å². The molecule has 104 valence electrons. The molecule has 0 aliphatic heterocycles. The zero-order valence-electron chi connectivity index (χ0n) is 10.1. The van der Waals surface area contributed by atoms with Crippen molar-refractivity contribution in [3.8, 4) is 0 Å². The van der Waals surface area contributed by atoms with Gasteiger partial charge in [0.05, 0.1) is 4.92 Å². The standard InChI is InChI=1S/C11H11F3N2O3/c1-6(2)10(17)15-7-3-4-9(16(18)19)8(5-7)11(12,13)14/h3-6H,1-2H3,(H,15,17)/i12-1. The van der Waals surface area contributed by atoms with Gasteiger partial charge in [0.25, 0.3) is 5.69 Å². The summed E-state index contributed by atoms with van der Waals surface area (Å²) >= 11 is 0. The predicted octanol–water partition coefficient (Wildman–Crippen LogP) is 3.21. The Morgan fingerprint density at radius 3 is 2.37 bits per heavy atom. The number of hydrogen-bond donors (Lipinski definition) is 1. The third-order valence-electron chi connectivity index (χ3n) is 2.29. The first-order chi connectivity index (χ1) is 8.62. The summed E-state index contributed by atoms with van der Waals surface area (Å²) in [5.41, 5.74) is -2.56. The van der Waals surface area contributed by atoms with Crippen LogP contribution >= 0.6 is 0 Å². The van der Waals surface area contributed by atoms with Crippen LogP contribution in [0, 0.1) is 16.0 Å². The van der Waals surface area contributed by atoms with E-state index >= 15 is 0 Å². The maximum absolute atomic E-state index is 12.7. The van der Waals surface area contributed by atoms with Gasteiger partial charge in [0, 0.05) is 17.7 Å². The van der Waals surface area contributed by atoms with Gasteiger partial charge in [0.15, 0.2) is 0 Å². The molecule has 0 atom stereocenters. The van der Waals surface area contributed by atoms with E-state index in [1.54, 1.807) is 13.8 Å². The molecule has 0 aromatic heterocycles. The van der Waals surface area contributed by atoms with Crippen molar-refractivity contribution >= 4 is 17.3 Å². The summed E-state index contributed by atoms with van der Waals surface area (Å²) in [7, 11) is 0. The van der Waals surface area contributed by atoms with Gasteiger partial charge in [-0.05, 0) is 12.1 Å². The fourth-order valence-electron chi connectivity index (χ4n) is 1.29. The van der Waals surface area contributed by atoms with Crippen LogP contribution in [0.15, 0.2) is 18.2 Å². The number of halogens is 3. The average Bonchev–Trinajstić information content (AvgIpc) is 2.27. The highest BCUT2D eigenvalue weighted by molar-refractivity contribution is 5.92. The molecule has 1 aromatic carbocycles. The molecule has 19 heavy (non-hydrogen) atoms. The molecular weight excluding hydrogens is 264 g/mol. The second-order valence-electron chi connectivity index (χ2n) is 4.13. The van der Waals surface area contributed by atoms with Crippen LogP contribution < -0.4 is 5.32 Å². The fourth-order valence-corrected chi connectivity index (χ4v) is 1.29. The summed E-state index contributed by atoms with van der Waals surface area (Å²) in [6, 6.07) is 2.34. The number of benzene rings is 1. The highest BCUT2D eigenvalue weighted by atomic mass is 19.3. The molecule has 8 heteroatoms. The van der Waals surface area contributed by atoms with Crippen LogP contribution in [0.4, 0.5) is 24.5 Å². The Morgan fingerprint density at radius 1 is 1.37 bits per heavy atom. The van der Waals surface area contributed by atoms with Crippen molar-refractivity contribution in [1.29, 1.82) is 0 Å². The van der Waals surface area contributed by atoms with E-state index in [0.717, 1.165) is 12.1 Å². The SMILES string of the molecule is CC(C)C(=O)Nc1ccc([N+](=O)[O-])c(C(F)(F)[18F])c1. The van der Waals surface area contributed by atoms with E-state index in [1.807, 2.05) is 0 Å². The predicted molar refractivity (Wildman–Crippen MR) is 61.6 cm³/mol. The monoisotopic (exact) mass is 275 g/mol. The van der Waals surface area contributed by atoms with Gasteiger partial charge < -0.3 is 5.32 Å². The van der Waals surface area contributed by atoms with Crippen molar-refractivity contribution < 1.29 is 22.9 Å². The number of rotatable bonds is 3. The van der Waals surface area contributed by atoms with Gasteiger partial charge in [0.1, 0.15) is 5.56 Å². The average molecular weight is 275 g/mol. The summed E-state index contributed by atoms with van der Waals surface area (Å²) < 4.78 is 38.0. The molecule has 0 spiro atoms. The maximum Gasteiger partial charge on any atom is 0.423 e. The number of alkyl halides is 3. The van der Waals surface area contributed by atoms with Crippen LogP contribution in [0.2, 0.25) is 0 Å². The second kappa shape index (κ2) is 5.25. The Kier molecular flexibility index (Phi) is 4.13. The first-order valence-corrected chi connectivity index (χ1v) is 5.29. The molecule has 0 aliphatic rings. The van der Waals surface area contributed by atoms with Gasteiger partial charge in [-0.3, -0.25) is 14.9 Å². The van der Waals surface area contributed by atoms with Gasteiger partial charge >= 0.3 is 6.18 Å². The molecule has 1 aromatic rings. The molecule has 0 unspecified atom stereocenters. The molecule has 1 N–H and O–H groups in total. The minimum atomic E-state index is -4.86. The quantitative estimate of drug-likeness (QED) is 0.680. The number of nitro groups is 1. The van der Waals surface area contributed by atoms with E-state index in [-0.39, 0.29) is 5.69 Å². The van der Waals surface area contributed by atoms with Crippen molar-refractivity contribution in [1.82, 2.24) is 0 Å². The molecule has 0 heterocycles. The fraction of sp³-hybridized carbons (Fsp3) is 0.364. The second-order valence-corrected chi connectivity index (χ2v) is 4.13. The van der Waals surface area contributed by atoms with Crippen LogP contribution in [0.5, 0.6) is 0 Å². The van der Waals surface area contributed by atoms with Crippen molar-refractivity contribution in [2.75, 3.05) is 5.32 Å². The number of anilines is 1. The zero-order valence-corrected chi connectivity index (χ0v) is 10.1. The molecule has 0 saturated carbocycles. The minimum absolute atomic E-state index is 0.128. The minimum Gasteiger partial charge on any atom is -0.326 e. The van der Waals surface area contributed by atoms with Crippen LogP contribution in [0.3, 0.4) is 0 Å². The zero-order chi connectivity index (χ0) is 14.8. The molecule has 0 fully saturated rings. The largest absolute Gasteiger partial charge is 0.423 e. The molecule has 0 radical (unpaired) electrons. The molecule has 0 bridgehead atoms. The van der Waals surface area contributed by atoms with E-state index in [1.165, 1.54) is 0 Å². The first kappa shape index (κ1) is 14.9. The number of carbonyl (C=O) groups excluding carboxylic acids is 1. The van der Waals surface area contributed by atoms with Crippen LogP contribution in [-0.2, 0) is 11.0 Å². The lowest BCUT2D eigenvalue weighted by atomic mass is 10.1. The van der Waals surface area contributed by atoms with E-state index in [0.29, 0.717) is 6.07 Å². The summed E-state index contributed by atoms with van der Waals surface area (Å²) in [4.78, 5) is 20.8. The molecule has 0 saturated heterocycles. The summed E-state index contributed by atoms with van der Waals surface area (Å²) in [5, 5.41) is 12.8. The van der Waals surface area contributed by atoms with Crippen molar-refractivity contribution in [3.05, 3.63) is 33.9 Å². The van der Waals surface area contributed by atoms with Gasteiger partial charge in [-0.2, -0.15) is 13.2 Å². The highest BCUT2D eigenvalue weighted by Crippen LogP contribution is 2.37. The van der Waals surface area contributed by atoms with Crippen LogP contribution in [0.25, 0.3) is 0 Å². The van der Waals surface area contributed by atoms with E-state index < -0.39 is 34.2 Å². The number of hydrogen-bond acceptors (Lipinski definition) is 3. The van der Waals surface area contributed by atoms with E-state index in [9.17, 15) is 28.1 Å². The van der Waals surface area contributed by atoms with Crippen LogP contribution in [-0.4, -0.2) is 10.8 Å². The number of carbonyl (C=O) groups is 1. The van der Waals surface area contributed by atoms with Crippen molar-refractivity contribution in [2.24, 2.45) is 5.92 Å². The van der Waals surface area contributed by atoms with Gasteiger partial charge in [-0.25, -0.2) is 0 Å². The Labute approximate surface area is 106 Å². The van der Waals surface area contributed by atoms with Gasteiger partial charge in [0.2, 0.25) is 5.91 Å². The number of amides is 1. The van der Waals surface area contributed by atoms with Crippen LogP contribution in [0.1, 0.15) is 19.4 Å². The van der Waals surface area contributed by atoms with Crippen molar-refractivity contribution in [2.45, 2.75) is 20.0 Å². The lowest BCUT2D eigenvalue weighted by molar-refractivity contribution is -0.388. The Balaban J connectivity index is 3.19. The Morgan fingerprint density at radius 2 is 1.95 bits per heavy atom. The number of nitrogens with zero attached hydrogens (tertiary/aromatic N) is 1. The lowest BCUT2D eigenvalue weighted by Gasteiger charge is -2.11. The molecule has 1 amide bonds. The van der Waals surface area contributed by atoms with E-state index in [2.05, 4.69) is 5.32 Å². The normalized spacial score (nSPS) is 11.5. The number of nitro benzene ring substituents is 1. The van der Waals surface area contributed by atoms with Crippen molar-refractivity contribution in [3.63, 3.8) is 0 Å². The molecular formula is C11H11F3N2O3. The Hall–Kier alpha value is -2.12. The highest BCUT2D eigenvalue weighted by Gasteiger charge is 2.38. The Bertz CT molecular complexity index is 512. The van der Waals surface area contributed by atoms with Gasteiger partial charge in [-0.15, -0.1) is 0 Å². The summed E-state index contributed by atoms with van der Waals surface area (Å²) in [6.45, 7) is 3.15. The first-order valence-electron chi connectivity index (χ1n) is 5.29. The lowest BCUT2D eigenvalue weighted by Crippen LogP contribution is -2.18.